The van der Waals surface area contributed by atoms with Crippen molar-refractivity contribution in [3.63, 3.8) is 0 Å². The van der Waals surface area contributed by atoms with E-state index in [0.29, 0.717) is 23.5 Å². The molecule has 0 radical (unpaired) electrons. The molecule has 0 bridgehead atoms. The van der Waals surface area contributed by atoms with Gasteiger partial charge < -0.3 is 5.11 Å². The summed E-state index contributed by atoms with van der Waals surface area (Å²) in [5.74, 6) is 11.9. The van der Waals surface area contributed by atoms with Crippen molar-refractivity contribution >= 4 is 5.78 Å². The molecule has 5 rings (SSSR count). The van der Waals surface area contributed by atoms with E-state index in [1.54, 1.807) is 0 Å². The van der Waals surface area contributed by atoms with E-state index in [0.717, 1.165) is 42.9 Å². The third-order valence-corrected chi connectivity index (χ3v) is 9.59. The van der Waals surface area contributed by atoms with E-state index in [1.807, 2.05) is 6.92 Å². The topological polar surface area (TPSA) is 37.3 Å². The van der Waals surface area contributed by atoms with Gasteiger partial charge in [0.05, 0.1) is 0 Å². The van der Waals surface area contributed by atoms with Crippen LogP contribution in [0.2, 0.25) is 0 Å². The van der Waals surface area contributed by atoms with E-state index in [4.69, 9.17) is 0 Å². The molecule has 5 aliphatic carbocycles. The van der Waals surface area contributed by atoms with Crippen LogP contribution >= 0.6 is 0 Å². The number of Topliss-reactive ketones (excluding diaryl/α,β-unsaturated/α-hetero) is 1. The van der Waals surface area contributed by atoms with Crippen molar-refractivity contribution < 1.29 is 9.90 Å². The van der Waals surface area contributed by atoms with Gasteiger partial charge in [-0.3, -0.25) is 4.79 Å². The Labute approximate surface area is 164 Å². The third-order valence-electron chi connectivity index (χ3n) is 9.59. The summed E-state index contributed by atoms with van der Waals surface area (Å²) in [4.78, 5) is 12.2. The molecule has 0 aromatic heterocycles. The van der Waals surface area contributed by atoms with Gasteiger partial charge in [0.1, 0.15) is 11.4 Å². The highest BCUT2D eigenvalue weighted by Gasteiger charge is 2.58. The minimum atomic E-state index is -0.702. The predicted molar refractivity (Wildman–Crippen MR) is 107 cm³/mol. The maximum Gasteiger partial charge on any atom is 0.133 e. The number of hydrogen-bond donors (Lipinski definition) is 1. The van der Waals surface area contributed by atoms with Crippen LogP contribution in [0.4, 0.5) is 0 Å². The van der Waals surface area contributed by atoms with Crippen LogP contribution < -0.4 is 0 Å². The summed E-state index contributed by atoms with van der Waals surface area (Å²) >= 11 is 0. The zero-order valence-electron chi connectivity index (χ0n) is 17.2. The average Bonchev–Trinajstić information content (AvgIpc) is 3.39. The number of aliphatic hydroxyl groups is 1. The van der Waals surface area contributed by atoms with Gasteiger partial charge in [-0.15, -0.1) is 0 Å². The molecule has 0 saturated heterocycles. The van der Waals surface area contributed by atoms with Gasteiger partial charge in [0, 0.05) is 11.8 Å². The number of hydrogen-bond acceptors (Lipinski definition) is 2. The van der Waals surface area contributed by atoms with Crippen LogP contribution in [0, 0.1) is 58.7 Å². The minimum Gasteiger partial charge on any atom is -0.378 e. The summed E-state index contributed by atoms with van der Waals surface area (Å²) < 4.78 is 0. The quantitative estimate of drug-likeness (QED) is 0.662. The van der Waals surface area contributed by atoms with Gasteiger partial charge in [-0.05, 0) is 113 Å². The highest BCUT2D eigenvalue weighted by molar-refractivity contribution is 5.79. The predicted octanol–water partition coefficient (Wildman–Crippen LogP) is 4.99. The third kappa shape index (κ3) is 3.00. The smallest absolute Gasteiger partial charge is 0.133 e. The Morgan fingerprint density at radius 3 is 2.44 bits per heavy atom. The molecule has 8 atom stereocenters. The van der Waals surface area contributed by atoms with Gasteiger partial charge in [0.2, 0.25) is 0 Å². The Bertz CT molecular complexity index is 682. The van der Waals surface area contributed by atoms with Crippen LogP contribution in [0.25, 0.3) is 0 Å². The molecule has 5 saturated carbocycles. The fourth-order valence-electron chi connectivity index (χ4n) is 8.12. The molecule has 0 heterocycles. The summed E-state index contributed by atoms with van der Waals surface area (Å²) in [6, 6.07) is 0. The highest BCUT2D eigenvalue weighted by Crippen LogP contribution is 2.64. The summed E-state index contributed by atoms with van der Waals surface area (Å²) in [7, 11) is 0. The lowest BCUT2D eigenvalue weighted by Crippen LogP contribution is -2.51. The Kier molecular flexibility index (Phi) is 4.29. The summed E-state index contributed by atoms with van der Waals surface area (Å²) in [5, 5.41) is 11.1. The van der Waals surface area contributed by atoms with Crippen LogP contribution in [0.15, 0.2) is 0 Å². The number of fused-ring (bicyclic) bond motifs is 5. The van der Waals surface area contributed by atoms with Crippen molar-refractivity contribution in [2.24, 2.45) is 46.8 Å². The second-order valence-corrected chi connectivity index (χ2v) is 11.0. The lowest BCUT2D eigenvalue weighted by molar-refractivity contribution is -0.129. The average molecular weight is 369 g/mol. The molecule has 1 N–H and O–H groups in total. The zero-order valence-corrected chi connectivity index (χ0v) is 17.2. The van der Waals surface area contributed by atoms with Crippen LogP contribution in [0.3, 0.4) is 0 Å². The molecule has 0 aromatic carbocycles. The van der Waals surface area contributed by atoms with Gasteiger partial charge in [-0.1, -0.05) is 18.8 Å². The lowest BCUT2D eigenvalue weighted by atomic mass is 9.49. The maximum absolute atomic E-state index is 12.2. The van der Waals surface area contributed by atoms with Gasteiger partial charge >= 0.3 is 0 Å². The molecular formula is C25H36O2. The molecule has 5 fully saturated rings. The largest absolute Gasteiger partial charge is 0.378 e. The van der Waals surface area contributed by atoms with E-state index >= 15 is 0 Å². The maximum atomic E-state index is 12.2. The zero-order chi connectivity index (χ0) is 18.8. The van der Waals surface area contributed by atoms with Crippen molar-refractivity contribution in [1.82, 2.24) is 0 Å². The second kappa shape index (κ2) is 6.35. The van der Waals surface area contributed by atoms with Gasteiger partial charge in [-0.25, -0.2) is 0 Å². The SMILES string of the molecule is CC(=O)[C@H]1CC[C@H]2[C@@H]3CC[C@H]4C[C@@](O)(C#CC5CC5)CC[C@@H]4[C@H]3CC[C@]12C. The minimum absolute atomic E-state index is 0.269. The van der Waals surface area contributed by atoms with Gasteiger partial charge in [-0.2, -0.15) is 0 Å². The van der Waals surface area contributed by atoms with Crippen LogP contribution in [-0.2, 0) is 4.79 Å². The van der Waals surface area contributed by atoms with E-state index in [1.165, 1.54) is 51.4 Å². The van der Waals surface area contributed by atoms with Crippen LogP contribution in [0.5, 0.6) is 0 Å². The first-order valence-corrected chi connectivity index (χ1v) is 11.7. The molecule has 0 unspecified atom stereocenters. The Morgan fingerprint density at radius 1 is 0.926 bits per heavy atom. The Hall–Kier alpha value is -0.810. The Morgan fingerprint density at radius 2 is 1.70 bits per heavy atom. The van der Waals surface area contributed by atoms with E-state index < -0.39 is 5.60 Å². The second-order valence-electron chi connectivity index (χ2n) is 11.0. The van der Waals surface area contributed by atoms with Crippen molar-refractivity contribution in [3.8, 4) is 11.8 Å². The van der Waals surface area contributed by atoms with Crippen LogP contribution in [0.1, 0.15) is 84.5 Å². The van der Waals surface area contributed by atoms with E-state index in [2.05, 4.69) is 18.8 Å². The molecule has 2 heteroatoms. The first-order valence-electron chi connectivity index (χ1n) is 11.7. The summed E-state index contributed by atoms with van der Waals surface area (Å²) in [5.41, 5.74) is -0.433. The molecule has 0 aromatic rings. The number of ketones is 1. The number of rotatable bonds is 1. The monoisotopic (exact) mass is 368 g/mol. The van der Waals surface area contributed by atoms with E-state index in [9.17, 15) is 9.90 Å². The molecule has 0 aliphatic heterocycles. The first-order chi connectivity index (χ1) is 12.9. The standard InChI is InChI=1S/C25H36O2/c1-16(26)22-7-8-23-21-6-5-18-15-25(27,13-9-17-3-4-17)14-11-19(18)20(21)10-12-24(22,23)2/h17-23,27H,3-8,10-12,14-15H2,1-2H3/t18-,19-,20+,21+,22+,23-,24+,25+/m0/s1. The molecule has 148 valence electrons. The molecular weight excluding hydrogens is 332 g/mol. The van der Waals surface area contributed by atoms with Crippen molar-refractivity contribution in [2.45, 2.75) is 90.1 Å². The van der Waals surface area contributed by atoms with Crippen molar-refractivity contribution in [3.05, 3.63) is 0 Å². The molecule has 0 amide bonds. The molecule has 0 spiro atoms. The summed E-state index contributed by atoms with van der Waals surface area (Å²) in [6.07, 6.45) is 13.0. The van der Waals surface area contributed by atoms with Gasteiger partial charge in [0.25, 0.3) is 0 Å². The number of carbonyl (C=O) groups excluding carboxylic acids is 1. The Balaban J connectivity index is 1.32. The van der Waals surface area contributed by atoms with Crippen LogP contribution in [-0.4, -0.2) is 16.5 Å². The van der Waals surface area contributed by atoms with Crippen molar-refractivity contribution in [1.29, 1.82) is 0 Å². The van der Waals surface area contributed by atoms with Gasteiger partial charge in [0.15, 0.2) is 0 Å². The normalized spacial score (nSPS) is 51.4. The molecule has 2 nitrogen and oxygen atoms in total. The molecule has 27 heavy (non-hydrogen) atoms. The lowest BCUT2D eigenvalue weighted by Gasteiger charge is -2.56. The summed E-state index contributed by atoms with van der Waals surface area (Å²) in [6.45, 7) is 4.26. The highest BCUT2D eigenvalue weighted by atomic mass is 16.3. The molecule has 5 aliphatic rings. The first kappa shape index (κ1) is 18.2. The fourth-order valence-corrected chi connectivity index (χ4v) is 8.12. The van der Waals surface area contributed by atoms with Crippen molar-refractivity contribution in [2.75, 3.05) is 0 Å². The number of carbonyl (C=O) groups is 1. The van der Waals surface area contributed by atoms with E-state index in [-0.39, 0.29) is 5.41 Å². The fraction of sp³-hybridized carbons (Fsp3) is 0.880.